The molecule has 1 heterocycles. The Hall–Kier alpha value is -3.12. The van der Waals surface area contributed by atoms with Gasteiger partial charge in [0.25, 0.3) is 0 Å². The maximum absolute atomic E-state index is 12.5. The first-order valence-corrected chi connectivity index (χ1v) is 10.2. The third-order valence-electron chi connectivity index (χ3n) is 4.09. The van der Waals surface area contributed by atoms with E-state index in [1.54, 1.807) is 25.3 Å². The molecule has 0 unspecified atom stereocenters. The van der Waals surface area contributed by atoms with E-state index in [0.29, 0.717) is 30.3 Å². The first-order valence-electron chi connectivity index (χ1n) is 9.37. The van der Waals surface area contributed by atoms with Crippen LogP contribution in [0.3, 0.4) is 0 Å². The van der Waals surface area contributed by atoms with Crippen LogP contribution in [-0.2, 0) is 0 Å². The highest BCUT2D eigenvalue weighted by molar-refractivity contribution is 7.13. The number of allylic oxidation sites excluding steroid dienone is 1. The van der Waals surface area contributed by atoms with Gasteiger partial charge in [-0.3, -0.25) is 4.79 Å². The van der Waals surface area contributed by atoms with Crippen LogP contribution in [-0.4, -0.2) is 31.1 Å². The predicted molar refractivity (Wildman–Crippen MR) is 116 cm³/mol. The molecule has 150 valence electrons. The summed E-state index contributed by atoms with van der Waals surface area (Å²) >= 11 is 1.51. The van der Waals surface area contributed by atoms with Gasteiger partial charge in [-0.2, -0.15) is 0 Å². The Morgan fingerprint density at radius 3 is 2.55 bits per heavy atom. The van der Waals surface area contributed by atoms with Crippen LogP contribution in [0.4, 0.5) is 0 Å². The van der Waals surface area contributed by atoms with Crippen molar-refractivity contribution in [3.8, 4) is 27.8 Å². The van der Waals surface area contributed by atoms with Crippen molar-refractivity contribution in [2.45, 2.75) is 13.8 Å². The van der Waals surface area contributed by atoms with Gasteiger partial charge in [-0.25, -0.2) is 4.98 Å². The summed E-state index contributed by atoms with van der Waals surface area (Å²) in [5, 5.41) is 2.76. The zero-order chi connectivity index (χ0) is 20.6. The Labute approximate surface area is 174 Å². The summed E-state index contributed by atoms with van der Waals surface area (Å²) in [6.45, 7) is 5.01. The summed E-state index contributed by atoms with van der Waals surface area (Å²) in [5.41, 5.74) is 2.19. The molecule has 1 aromatic heterocycles. The number of ketones is 1. The van der Waals surface area contributed by atoms with Crippen LogP contribution >= 0.6 is 11.3 Å². The fourth-order valence-corrected chi connectivity index (χ4v) is 3.56. The number of thiazole rings is 1. The van der Waals surface area contributed by atoms with Crippen molar-refractivity contribution in [3.05, 3.63) is 65.2 Å². The Balaban J connectivity index is 1.79. The molecule has 2 aromatic carbocycles. The Morgan fingerprint density at radius 2 is 1.79 bits per heavy atom. The normalized spacial score (nSPS) is 10.9. The number of hydrogen-bond donors (Lipinski definition) is 0. The van der Waals surface area contributed by atoms with E-state index in [-0.39, 0.29) is 5.78 Å². The van der Waals surface area contributed by atoms with Crippen LogP contribution in [0.2, 0.25) is 0 Å². The largest absolute Gasteiger partial charge is 0.496 e. The molecule has 0 bridgehead atoms. The molecule has 0 radical (unpaired) electrons. The molecule has 0 N–H and O–H groups in total. The van der Waals surface area contributed by atoms with Gasteiger partial charge in [0.05, 0.1) is 31.6 Å². The lowest BCUT2D eigenvalue weighted by atomic mass is 10.1. The summed E-state index contributed by atoms with van der Waals surface area (Å²) in [4.78, 5) is 17.1. The third-order valence-corrected chi connectivity index (χ3v) is 5.00. The Bertz CT molecular complexity index is 1010. The molecule has 0 aliphatic carbocycles. The van der Waals surface area contributed by atoms with Crippen molar-refractivity contribution in [1.29, 1.82) is 0 Å². The third kappa shape index (κ3) is 5.03. The van der Waals surface area contributed by atoms with Gasteiger partial charge >= 0.3 is 0 Å². The molecule has 0 fully saturated rings. The lowest BCUT2D eigenvalue weighted by molar-refractivity contribution is 0.104. The zero-order valence-corrected chi connectivity index (χ0v) is 17.5. The molecule has 6 heteroatoms. The Kier molecular flexibility index (Phi) is 7.03. The number of ether oxygens (including phenoxy) is 3. The number of nitrogens with zero attached hydrogens (tertiary/aromatic N) is 1. The highest BCUT2D eigenvalue weighted by atomic mass is 32.1. The SMILES string of the molecule is CCOc1ccc(-c2nc(C=CC(=O)c3ccccc3OC)cs2)cc1OCC. The molecular weight excluding hydrogens is 386 g/mol. The molecule has 29 heavy (non-hydrogen) atoms. The predicted octanol–water partition coefficient (Wildman–Crippen LogP) is 5.51. The minimum atomic E-state index is -0.128. The van der Waals surface area contributed by atoms with Gasteiger partial charge in [0.1, 0.15) is 10.8 Å². The van der Waals surface area contributed by atoms with E-state index in [4.69, 9.17) is 14.2 Å². The smallest absolute Gasteiger partial charge is 0.189 e. The van der Waals surface area contributed by atoms with Gasteiger partial charge in [0.15, 0.2) is 17.3 Å². The first kappa shape index (κ1) is 20.6. The van der Waals surface area contributed by atoms with Crippen LogP contribution < -0.4 is 14.2 Å². The van der Waals surface area contributed by atoms with E-state index in [1.807, 2.05) is 49.6 Å². The molecule has 0 spiro atoms. The quantitative estimate of drug-likeness (QED) is 0.344. The van der Waals surface area contributed by atoms with Gasteiger partial charge in [0, 0.05) is 10.9 Å². The van der Waals surface area contributed by atoms with Crippen molar-refractivity contribution < 1.29 is 19.0 Å². The molecular formula is C23H23NO4S. The summed E-state index contributed by atoms with van der Waals surface area (Å²) in [7, 11) is 1.55. The van der Waals surface area contributed by atoms with Crippen LogP contribution in [0.25, 0.3) is 16.6 Å². The molecule has 0 atom stereocenters. The number of rotatable bonds is 9. The monoisotopic (exact) mass is 409 g/mol. The number of methoxy groups -OCH3 is 1. The van der Waals surface area contributed by atoms with Crippen molar-refractivity contribution in [3.63, 3.8) is 0 Å². The minimum absolute atomic E-state index is 0.128. The standard InChI is InChI=1S/C23H23NO4S/c1-4-27-21-13-10-16(14-22(21)28-5-2)23-24-17(15-29-23)11-12-19(25)18-8-6-7-9-20(18)26-3/h6-15H,4-5H2,1-3H3. The van der Waals surface area contributed by atoms with Crippen LogP contribution in [0.15, 0.2) is 53.9 Å². The fourth-order valence-electron chi connectivity index (χ4n) is 2.78. The van der Waals surface area contributed by atoms with Crippen molar-refractivity contribution in [2.24, 2.45) is 0 Å². The molecule has 0 saturated carbocycles. The maximum Gasteiger partial charge on any atom is 0.189 e. The van der Waals surface area contributed by atoms with E-state index in [0.717, 1.165) is 22.0 Å². The highest BCUT2D eigenvalue weighted by Crippen LogP contribution is 2.34. The van der Waals surface area contributed by atoms with Gasteiger partial charge in [-0.1, -0.05) is 12.1 Å². The topological polar surface area (TPSA) is 57.7 Å². The number of aromatic nitrogens is 1. The first-order chi connectivity index (χ1) is 14.2. The number of hydrogen-bond acceptors (Lipinski definition) is 6. The van der Waals surface area contributed by atoms with Gasteiger partial charge in [-0.15, -0.1) is 11.3 Å². The number of para-hydroxylation sites is 1. The average Bonchev–Trinajstić information content (AvgIpc) is 3.22. The lowest BCUT2D eigenvalue weighted by Gasteiger charge is -2.11. The van der Waals surface area contributed by atoms with Crippen molar-refractivity contribution >= 4 is 23.2 Å². The molecule has 0 aliphatic rings. The highest BCUT2D eigenvalue weighted by Gasteiger charge is 2.11. The van der Waals surface area contributed by atoms with Crippen molar-refractivity contribution in [2.75, 3.05) is 20.3 Å². The number of benzene rings is 2. The molecule has 3 rings (SSSR count). The number of carbonyl (C=O) groups is 1. The van der Waals surface area contributed by atoms with Gasteiger partial charge in [-0.05, 0) is 56.3 Å². The zero-order valence-electron chi connectivity index (χ0n) is 16.7. The van der Waals surface area contributed by atoms with Crippen LogP contribution in [0.5, 0.6) is 17.2 Å². The van der Waals surface area contributed by atoms with E-state index < -0.39 is 0 Å². The summed E-state index contributed by atoms with van der Waals surface area (Å²) in [6.07, 6.45) is 3.23. The molecule has 0 aliphatic heterocycles. The van der Waals surface area contributed by atoms with Crippen LogP contribution in [0, 0.1) is 0 Å². The van der Waals surface area contributed by atoms with E-state index in [2.05, 4.69) is 4.98 Å². The van der Waals surface area contributed by atoms with Crippen LogP contribution in [0.1, 0.15) is 29.9 Å². The summed E-state index contributed by atoms with van der Waals surface area (Å²) < 4.78 is 16.5. The lowest BCUT2D eigenvalue weighted by Crippen LogP contribution is -1.98. The second-order valence-electron chi connectivity index (χ2n) is 6.00. The summed E-state index contributed by atoms with van der Waals surface area (Å²) in [5.74, 6) is 1.85. The van der Waals surface area contributed by atoms with E-state index >= 15 is 0 Å². The number of carbonyl (C=O) groups excluding carboxylic acids is 1. The summed E-state index contributed by atoms with van der Waals surface area (Å²) in [6, 6.07) is 12.9. The average molecular weight is 410 g/mol. The minimum Gasteiger partial charge on any atom is -0.496 e. The Morgan fingerprint density at radius 1 is 1.03 bits per heavy atom. The molecule has 3 aromatic rings. The van der Waals surface area contributed by atoms with E-state index in [1.165, 1.54) is 17.4 Å². The molecule has 0 saturated heterocycles. The fraction of sp³-hybridized carbons (Fsp3) is 0.217. The van der Waals surface area contributed by atoms with Crippen molar-refractivity contribution in [1.82, 2.24) is 4.98 Å². The van der Waals surface area contributed by atoms with Gasteiger partial charge in [0.2, 0.25) is 0 Å². The second-order valence-corrected chi connectivity index (χ2v) is 6.86. The van der Waals surface area contributed by atoms with Gasteiger partial charge < -0.3 is 14.2 Å². The second kappa shape index (κ2) is 9.89. The van der Waals surface area contributed by atoms with E-state index in [9.17, 15) is 4.79 Å². The maximum atomic E-state index is 12.5. The molecule has 0 amide bonds. The molecule has 5 nitrogen and oxygen atoms in total.